The van der Waals surface area contributed by atoms with Crippen LogP contribution in [0, 0.1) is 12.7 Å². The molecule has 0 aliphatic heterocycles. The summed E-state index contributed by atoms with van der Waals surface area (Å²) in [5.41, 5.74) is 0.567. The van der Waals surface area contributed by atoms with Crippen molar-refractivity contribution < 1.29 is 21.2 Å². The first kappa shape index (κ1) is 17.4. The van der Waals surface area contributed by atoms with Gasteiger partial charge in [-0.1, -0.05) is 6.07 Å². The maximum Gasteiger partial charge on any atom is 0.261 e. The van der Waals surface area contributed by atoms with Crippen molar-refractivity contribution in [3.63, 3.8) is 0 Å². The molecule has 124 valence electrons. The molecule has 0 fully saturated rings. The second kappa shape index (κ2) is 6.26. The minimum atomic E-state index is -3.94. The number of aryl methyl sites for hydroxylation is 1. The number of halogens is 1. The monoisotopic (exact) mass is 358 g/mol. The Kier molecular flexibility index (Phi) is 4.73. The van der Waals surface area contributed by atoms with Crippen LogP contribution < -0.4 is 9.44 Å². The lowest BCUT2D eigenvalue weighted by atomic mass is 10.2. The van der Waals surface area contributed by atoms with E-state index in [1.54, 1.807) is 6.92 Å². The van der Waals surface area contributed by atoms with Crippen molar-refractivity contribution in [1.82, 2.24) is 4.72 Å². The van der Waals surface area contributed by atoms with Gasteiger partial charge in [-0.05, 0) is 55.9 Å². The molecule has 0 atom stereocenters. The minimum absolute atomic E-state index is 0.0284. The highest BCUT2D eigenvalue weighted by Crippen LogP contribution is 2.22. The van der Waals surface area contributed by atoms with Crippen molar-refractivity contribution in [1.29, 1.82) is 0 Å². The predicted molar refractivity (Wildman–Crippen MR) is 84.6 cm³/mol. The van der Waals surface area contributed by atoms with Gasteiger partial charge in [-0.25, -0.2) is 25.9 Å². The molecule has 2 rings (SSSR count). The van der Waals surface area contributed by atoms with E-state index in [0.717, 1.165) is 24.3 Å². The highest BCUT2D eigenvalue weighted by atomic mass is 32.2. The standard InChI is InChI=1S/C14H15FN2O4S2/c1-10-3-6-12(9-14(10)23(20,21)16-2)17-22(18,19)13-7-4-11(15)5-8-13/h3-9,16-17H,1-2H3. The zero-order valence-corrected chi connectivity index (χ0v) is 14.0. The molecule has 9 heteroatoms. The summed E-state index contributed by atoms with van der Waals surface area (Å²) in [6, 6.07) is 8.47. The molecule has 0 saturated heterocycles. The van der Waals surface area contributed by atoms with Crippen LogP contribution in [-0.4, -0.2) is 23.9 Å². The van der Waals surface area contributed by atoms with Crippen LogP contribution in [0.1, 0.15) is 5.56 Å². The third-order valence-electron chi connectivity index (χ3n) is 3.12. The maximum absolute atomic E-state index is 12.9. The van der Waals surface area contributed by atoms with E-state index in [0.29, 0.717) is 5.56 Å². The summed E-state index contributed by atoms with van der Waals surface area (Å²) in [5.74, 6) is -0.554. The number of rotatable bonds is 5. The Labute approximate surface area is 134 Å². The topological polar surface area (TPSA) is 92.3 Å². The van der Waals surface area contributed by atoms with Gasteiger partial charge in [0.2, 0.25) is 10.0 Å². The highest BCUT2D eigenvalue weighted by Gasteiger charge is 2.18. The smallest absolute Gasteiger partial charge is 0.261 e. The van der Waals surface area contributed by atoms with Gasteiger partial charge in [-0.15, -0.1) is 0 Å². The molecule has 0 saturated carbocycles. The van der Waals surface area contributed by atoms with Crippen LogP contribution in [-0.2, 0) is 20.0 Å². The second-order valence-corrected chi connectivity index (χ2v) is 8.28. The van der Waals surface area contributed by atoms with Gasteiger partial charge in [0.1, 0.15) is 5.82 Å². The van der Waals surface area contributed by atoms with Gasteiger partial charge >= 0.3 is 0 Å². The van der Waals surface area contributed by atoms with Crippen LogP contribution in [0.4, 0.5) is 10.1 Å². The Balaban J connectivity index is 2.41. The van der Waals surface area contributed by atoms with Crippen LogP contribution in [0.25, 0.3) is 0 Å². The zero-order valence-electron chi connectivity index (χ0n) is 12.4. The summed E-state index contributed by atoms with van der Waals surface area (Å²) >= 11 is 0. The lowest BCUT2D eigenvalue weighted by Gasteiger charge is -2.11. The molecule has 0 aliphatic carbocycles. The van der Waals surface area contributed by atoms with Crippen LogP contribution in [0.15, 0.2) is 52.3 Å². The van der Waals surface area contributed by atoms with E-state index in [1.165, 1.54) is 25.2 Å². The maximum atomic E-state index is 12.9. The molecule has 2 aromatic rings. The van der Waals surface area contributed by atoms with Crippen molar-refractivity contribution in [2.75, 3.05) is 11.8 Å². The van der Waals surface area contributed by atoms with Gasteiger partial charge < -0.3 is 0 Å². The van der Waals surface area contributed by atoms with Gasteiger partial charge in [-0.3, -0.25) is 4.72 Å². The van der Waals surface area contributed by atoms with Gasteiger partial charge in [-0.2, -0.15) is 0 Å². The first-order valence-corrected chi connectivity index (χ1v) is 9.45. The van der Waals surface area contributed by atoms with Crippen molar-refractivity contribution in [2.24, 2.45) is 0 Å². The highest BCUT2D eigenvalue weighted by molar-refractivity contribution is 7.92. The Hall–Kier alpha value is -1.97. The zero-order chi connectivity index (χ0) is 17.3. The second-order valence-electron chi connectivity index (χ2n) is 4.75. The lowest BCUT2D eigenvalue weighted by Crippen LogP contribution is -2.20. The van der Waals surface area contributed by atoms with Gasteiger partial charge in [0, 0.05) is 0 Å². The van der Waals surface area contributed by atoms with Gasteiger partial charge in [0.25, 0.3) is 10.0 Å². The van der Waals surface area contributed by atoms with Crippen LogP contribution >= 0.6 is 0 Å². The average molecular weight is 358 g/mol. The van der Waals surface area contributed by atoms with Crippen molar-refractivity contribution in [3.8, 4) is 0 Å². The van der Waals surface area contributed by atoms with Crippen LogP contribution in [0.5, 0.6) is 0 Å². The predicted octanol–water partition coefficient (Wildman–Crippen LogP) is 1.84. The number of nitrogens with one attached hydrogen (secondary N) is 2. The average Bonchev–Trinajstić information content (AvgIpc) is 2.49. The SMILES string of the molecule is CNS(=O)(=O)c1cc(NS(=O)(=O)c2ccc(F)cc2)ccc1C. The first-order valence-electron chi connectivity index (χ1n) is 6.48. The van der Waals surface area contributed by atoms with Gasteiger partial charge in [0.05, 0.1) is 15.5 Å². The molecular formula is C14H15FN2O4S2. The van der Waals surface area contributed by atoms with Crippen molar-refractivity contribution in [2.45, 2.75) is 16.7 Å². The summed E-state index contributed by atoms with van der Waals surface area (Å²) in [5, 5.41) is 0. The molecule has 0 heterocycles. The van der Waals surface area contributed by atoms with E-state index >= 15 is 0 Å². The Morgan fingerprint density at radius 1 is 0.913 bits per heavy atom. The first-order chi connectivity index (χ1) is 10.7. The number of anilines is 1. The molecule has 0 unspecified atom stereocenters. The van der Waals surface area contributed by atoms with E-state index in [-0.39, 0.29) is 15.5 Å². The summed E-state index contributed by atoms with van der Waals surface area (Å²) in [4.78, 5) is -0.156. The molecule has 2 aromatic carbocycles. The molecule has 2 N–H and O–H groups in total. The molecular weight excluding hydrogens is 343 g/mol. The number of benzene rings is 2. The lowest BCUT2D eigenvalue weighted by molar-refractivity contribution is 0.587. The number of sulfonamides is 2. The quantitative estimate of drug-likeness (QED) is 0.853. The number of hydrogen-bond acceptors (Lipinski definition) is 4. The van der Waals surface area contributed by atoms with E-state index in [2.05, 4.69) is 9.44 Å². The van der Waals surface area contributed by atoms with E-state index in [4.69, 9.17) is 0 Å². The molecule has 0 aliphatic rings. The molecule has 0 aromatic heterocycles. The van der Waals surface area contributed by atoms with Crippen molar-refractivity contribution >= 4 is 25.7 Å². The minimum Gasteiger partial charge on any atom is -0.280 e. The summed E-state index contributed by atoms with van der Waals surface area (Å²) < 4.78 is 65.6. The van der Waals surface area contributed by atoms with E-state index in [1.807, 2.05) is 0 Å². The number of hydrogen-bond donors (Lipinski definition) is 2. The normalized spacial score (nSPS) is 12.1. The van der Waals surface area contributed by atoms with Gasteiger partial charge in [0.15, 0.2) is 0 Å². The molecule has 0 radical (unpaired) electrons. The molecule has 6 nitrogen and oxygen atoms in total. The van der Waals surface area contributed by atoms with Crippen LogP contribution in [0.3, 0.4) is 0 Å². The summed E-state index contributed by atoms with van der Waals surface area (Å²) in [6.45, 7) is 1.60. The third-order valence-corrected chi connectivity index (χ3v) is 6.08. The largest absolute Gasteiger partial charge is 0.280 e. The van der Waals surface area contributed by atoms with E-state index in [9.17, 15) is 21.2 Å². The molecule has 0 bridgehead atoms. The van der Waals surface area contributed by atoms with Crippen molar-refractivity contribution in [3.05, 3.63) is 53.8 Å². The fourth-order valence-electron chi connectivity index (χ4n) is 1.89. The van der Waals surface area contributed by atoms with E-state index < -0.39 is 25.9 Å². The summed E-state index contributed by atoms with van der Waals surface area (Å²) in [7, 11) is -6.39. The van der Waals surface area contributed by atoms with Crippen LogP contribution in [0.2, 0.25) is 0 Å². The fourth-order valence-corrected chi connectivity index (χ4v) is 3.93. The fraction of sp³-hybridized carbons (Fsp3) is 0.143. The summed E-state index contributed by atoms with van der Waals surface area (Å²) in [6.07, 6.45) is 0. The Morgan fingerprint density at radius 2 is 1.52 bits per heavy atom. The Bertz CT molecular complexity index is 924. The molecule has 0 spiro atoms. The Morgan fingerprint density at radius 3 is 2.09 bits per heavy atom. The molecule has 23 heavy (non-hydrogen) atoms. The third kappa shape index (κ3) is 3.87. The molecule has 0 amide bonds.